The van der Waals surface area contributed by atoms with Crippen LogP contribution in [0.15, 0.2) is 24.3 Å². The van der Waals surface area contributed by atoms with Crippen LogP contribution in [-0.2, 0) is 6.61 Å². The Labute approximate surface area is 134 Å². The zero-order valence-corrected chi connectivity index (χ0v) is 13.4. The average molecular weight is 319 g/mol. The molecule has 23 heavy (non-hydrogen) atoms. The first kappa shape index (κ1) is 16.9. The van der Waals surface area contributed by atoms with Crippen LogP contribution in [0.25, 0.3) is 0 Å². The van der Waals surface area contributed by atoms with Crippen LogP contribution >= 0.6 is 0 Å². The van der Waals surface area contributed by atoms with E-state index in [1.807, 2.05) is 13.8 Å². The Bertz CT molecular complexity index is 637. The molecule has 8 nitrogen and oxygen atoms in total. The van der Waals surface area contributed by atoms with Gasteiger partial charge in [0.2, 0.25) is 0 Å². The number of rotatable bonds is 7. The molecule has 8 heteroatoms. The monoisotopic (exact) mass is 319 g/mol. The first-order valence-corrected chi connectivity index (χ1v) is 7.43. The van der Waals surface area contributed by atoms with Crippen molar-refractivity contribution in [1.82, 2.24) is 25.5 Å². The van der Waals surface area contributed by atoms with Crippen LogP contribution in [0.1, 0.15) is 43.0 Å². The minimum absolute atomic E-state index is 0.156. The Balaban J connectivity index is 1.92. The average Bonchev–Trinajstić information content (AvgIpc) is 3.00. The van der Waals surface area contributed by atoms with Gasteiger partial charge in [0.05, 0.1) is 12.1 Å². The summed E-state index contributed by atoms with van der Waals surface area (Å²) in [4.78, 5) is 11.8. The summed E-state index contributed by atoms with van der Waals surface area (Å²) in [5.74, 6) is 1.02. The molecular weight excluding hydrogens is 298 g/mol. The number of aliphatic hydroxyl groups excluding tert-OH is 1. The Kier molecular flexibility index (Phi) is 5.64. The molecule has 0 spiro atoms. The van der Waals surface area contributed by atoms with Crippen LogP contribution < -0.4 is 10.1 Å². The van der Waals surface area contributed by atoms with Crippen molar-refractivity contribution < 1.29 is 14.6 Å². The number of carbonyl (C=O) groups is 1. The topological polar surface area (TPSA) is 102 Å². The van der Waals surface area contributed by atoms with E-state index in [0.717, 1.165) is 0 Å². The molecule has 2 aromatic rings. The lowest BCUT2D eigenvalue weighted by Gasteiger charge is -2.10. The highest BCUT2D eigenvalue weighted by Gasteiger charge is 2.10. The predicted octanol–water partition coefficient (Wildman–Crippen LogP) is 0.944. The summed E-state index contributed by atoms with van der Waals surface area (Å²) in [6.07, 6.45) is -0.575. The van der Waals surface area contributed by atoms with Gasteiger partial charge < -0.3 is 15.2 Å². The quantitative estimate of drug-likeness (QED) is 0.787. The van der Waals surface area contributed by atoms with Crippen LogP contribution in [0.4, 0.5) is 0 Å². The highest BCUT2D eigenvalue weighted by molar-refractivity contribution is 5.94. The van der Waals surface area contributed by atoms with E-state index < -0.39 is 6.10 Å². The van der Waals surface area contributed by atoms with Gasteiger partial charge in [-0.05, 0) is 55.5 Å². The number of benzene rings is 1. The van der Waals surface area contributed by atoms with Gasteiger partial charge >= 0.3 is 0 Å². The van der Waals surface area contributed by atoms with Crippen LogP contribution in [0, 0.1) is 0 Å². The second-order valence-corrected chi connectivity index (χ2v) is 5.51. The third-order valence-corrected chi connectivity index (χ3v) is 3.09. The zero-order valence-electron chi connectivity index (χ0n) is 13.4. The fraction of sp³-hybridized carbons (Fsp3) is 0.467. The fourth-order valence-electron chi connectivity index (χ4n) is 1.90. The molecule has 2 N–H and O–H groups in total. The highest BCUT2D eigenvalue weighted by atomic mass is 16.5. The van der Waals surface area contributed by atoms with Gasteiger partial charge in [0.25, 0.3) is 5.91 Å². The fourth-order valence-corrected chi connectivity index (χ4v) is 1.90. The molecule has 0 aliphatic rings. The summed E-state index contributed by atoms with van der Waals surface area (Å²) < 4.78 is 7.33. The Hall–Kier alpha value is -2.48. The maximum Gasteiger partial charge on any atom is 0.251 e. The van der Waals surface area contributed by atoms with Crippen LogP contribution in [0.3, 0.4) is 0 Å². The summed E-state index contributed by atoms with van der Waals surface area (Å²) in [6, 6.07) is 6.90. The largest absolute Gasteiger partial charge is 0.486 e. The normalized spacial score (nSPS) is 12.2. The lowest BCUT2D eigenvalue weighted by molar-refractivity contribution is 0.0924. The lowest BCUT2D eigenvalue weighted by Crippen LogP contribution is -2.30. The highest BCUT2D eigenvalue weighted by Crippen LogP contribution is 2.14. The van der Waals surface area contributed by atoms with Gasteiger partial charge in [-0.1, -0.05) is 0 Å². The number of nitrogens with one attached hydrogen (secondary N) is 1. The smallest absolute Gasteiger partial charge is 0.251 e. The van der Waals surface area contributed by atoms with E-state index in [0.29, 0.717) is 17.1 Å². The number of hydrogen-bond donors (Lipinski definition) is 2. The van der Waals surface area contributed by atoms with Gasteiger partial charge in [-0.2, -0.15) is 0 Å². The number of tetrazole rings is 1. The third kappa shape index (κ3) is 4.75. The molecule has 1 atom stereocenters. The van der Waals surface area contributed by atoms with Gasteiger partial charge in [-0.15, -0.1) is 5.10 Å². The molecule has 0 radical (unpaired) electrons. The van der Waals surface area contributed by atoms with Gasteiger partial charge in [-0.25, -0.2) is 4.68 Å². The maximum absolute atomic E-state index is 11.8. The van der Waals surface area contributed by atoms with Crippen molar-refractivity contribution in [2.24, 2.45) is 0 Å². The maximum atomic E-state index is 11.8. The molecule has 1 heterocycles. The molecule has 1 amide bonds. The van der Waals surface area contributed by atoms with Crippen LogP contribution in [0.2, 0.25) is 0 Å². The summed E-state index contributed by atoms with van der Waals surface area (Å²) in [6.45, 7) is 6.05. The van der Waals surface area contributed by atoms with E-state index in [1.165, 1.54) is 0 Å². The molecule has 124 valence electrons. The minimum atomic E-state index is -0.575. The Morgan fingerprint density at radius 2 is 2.00 bits per heavy atom. The van der Waals surface area contributed by atoms with E-state index in [1.54, 1.807) is 35.9 Å². The molecule has 0 fully saturated rings. The van der Waals surface area contributed by atoms with E-state index in [-0.39, 0.29) is 25.1 Å². The van der Waals surface area contributed by atoms with Crippen molar-refractivity contribution in [2.45, 2.75) is 39.5 Å². The van der Waals surface area contributed by atoms with Gasteiger partial charge in [-0.3, -0.25) is 4.79 Å². The van der Waals surface area contributed by atoms with Crippen molar-refractivity contribution in [3.63, 3.8) is 0 Å². The standard InChI is InChI=1S/C15H21N5O3/c1-10(2)20-14(17-18-19-20)9-23-13-6-4-12(5-7-13)15(22)16-8-11(3)21/h4-7,10-11,21H,8-9H2,1-3H3,(H,16,22). The summed E-state index contributed by atoms with van der Waals surface area (Å²) in [5.41, 5.74) is 0.505. The first-order valence-electron chi connectivity index (χ1n) is 7.43. The molecule has 0 saturated carbocycles. The number of aliphatic hydroxyl groups is 1. The third-order valence-electron chi connectivity index (χ3n) is 3.09. The molecule has 1 unspecified atom stereocenters. The van der Waals surface area contributed by atoms with E-state index in [4.69, 9.17) is 9.84 Å². The molecule has 1 aromatic carbocycles. The minimum Gasteiger partial charge on any atom is -0.486 e. The van der Waals surface area contributed by atoms with Crippen molar-refractivity contribution in [1.29, 1.82) is 0 Å². The Morgan fingerprint density at radius 3 is 2.61 bits per heavy atom. The molecule has 0 bridgehead atoms. The number of hydrogen-bond acceptors (Lipinski definition) is 6. The molecule has 2 rings (SSSR count). The summed E-state index contributed by atoms with van der Waals surface area (Å²) in [7, 11) is 0. The van der Waals surface area contributed by atoms with Gasteiger partial charge in [0.1, 0.15) is 12.4 Å². The van der Waals surface area contributed by atoms with E-state index in [2.05, 4.69) is 20.8 Å². The predicted molar refractivity (Wildman–Crippen MR) is 83.0 cm³/mol. The van der Waals surface area contributed by atoms with Crippen molar-refractivity contribution >= 4 is 5.91 Å². The van der Waals surface area contributed by atoms with Crippen molar-refractivity contribution in [3.05, 3.63) is 35.7 Å². The van der Waals surface area contributed by atoms with Gasteiger partial charge in [0.15, 0.2) is 5.82 Å². The summed E-state index contributed by atoms with van der Waals surface area (Å²) >= 11 is 0. The van der Waals surface area contributed by atoms with Gasteiger partial charge in [0, 0.05) is 12.1 Å². The van der Waals surface area contributed by atoms with Crippen LogP contribution in [0.5, 0.6) is 5.75 Å². The number of nitrogens with zero attached hydrogens (tertiary/aromatic N) is 4. The molecule has 1 aromatic heterocycles. The van der Waals surface area contributed by atoms with E-state index in [9.17, 15) is 4.79 Å². The molecule has 0 aliphatic heterocycles. The Morgan fingerprint density at radius 1 is 1.30 bits per heavy atom. The second kappa shape index (κ2) is 7.68. The van der Waals surface area contributed by atoms with Crippen molar-refractivity contribution in [3.8, 4) is 5.75 Å². The van der Waals surface area contributed by atoms with Crippen LogP contribution in [-0.4, -0.2) is 43.9 Å². The number of ether oxygens (including phenoxy) is 1. The lowest BCUT2D eigenvalue weighted by atomic mass is 10.2. The summed E-state index contributed by atoms with van der Waals surface area (Å²) in [5, 5.41) is 23.3. The zero-order chi connectivity index (χ0) is 16.8. The van der Waals surface area contributed by atoms with Crippen molar-refractivity contribution in [2.75, 3.05) is 6.54 Å². The number of amides is 1. The van der Waals surface area contributed by atoms with E-state index >= 15 is 0 Å². The number of aromatic nitrogens is 4. The number of carbonyl (C=O) groups excluding carboxylic acids is 1. The molecular formula is C15H21N5O3. The first-order chi connectivity index (χ1) is 11.0. The molecule has 0 saturated heterocycles. The SMILES string of the molecule is CC(O)CNC(=O)c1ccc(OCc2nnnn2C(C)C)cc1. The second-order valence-electron chi connectivity index (χ2n) is 5.51. The molecule has 0 aliphatic carbocycles.